The molecule has 0 aliphatic heterocycles. The highest BCUT2D eigenvalue weighted by Crippen LogP contribution is 2.26. The van der Waals surface area contributed by atoms with E-state index in [2.05, 4.69) is 42.1 Å². The maximum absolute atomic E-state index is 4.51. The molecule has 2 aromatic rings. The molecule has 2 rings (SSSR count). The normalized spacial score (nSPS) is 13.0. The fraction of sp³-hybridized carbons (Fsp3) is 0.600. The number of hydrogen-bond donors (Lipinski definition) is 1. The molecule has 0 aromatic carbocycles. The predicted molar refractivity (Wildman–Crippen MR) is 82.9 cm³/mol. The van der Waals surface area contributed by atoms with Gasteiger partial charge in [-0.15, -0.1) is 11.3 Å². The third kappa shape index (κ3) is 3.51. The van der Waals surface area contributed by atoms with Crippen LogP contribution in [-0.2, 0) is 12.8 Å². The van der Waals surface area contributed by atoms with Gasteiger partial charge in [-0.1, -0.05) is 27.2 Å². The summed E-state index contributed by atoms with van der Waals surface area (Å²) in [5, 5.41) is 4.81. The number of thiophene rings is 1. The standard InChI is InChI=1S/C15H23N3S/c1-4-7-11(16-6-3)8-14-13-9-12(5-2)19-15(13)18-10-17-14/h9-11,16H,4-8H2,1-3H3. The van der Waals surface area contributed by atoms with Gasteiger partial charge in [0.05, 0.1) is 5.69 Å². The molecule has 0 radical (unpaired) electrons. The van der Waals surface area contributed by atoms with E-state index in [1.807, 2.05) is 0 Å². The van der Waals surface area contributed by atoms with E-state index in [9.17, 15) is 0 Å². The van der Waals surface area contributed by atoms with E-state index < -0.39 is 0 Å². The molecule has 19 heavy (non-hydrogen) atoms. The second-order valence-corrected chi connectivity index (χ2v) is 5.97. The van der Waals surface area contributed by atoms with Gasteiger partial charge in [0, 0.05) is 22.7 Å². The van der Waals surface area contributed by atoms with Crippen molar-refractivity contribution in [2.45, 2.75) is 52.5 Å². The molecule has 0 fully saturated rings. The lowest BCUT2D eigenvalue weighted by Crippen LogP contribution is -2.31. The smallest absolute Gasteiger partial charge is 0.127 e. The Morgan fingerprint density at radius 2 is 2.11 bits per heavy atom. The Morgan fingerprint density at radius 1 is 1.26 bits per heavy atom. The number of fused-ring (bicyclic) bond motifs is 1. The molecule has 1 unspecified atom stereocenters. The summed E-state index contributed by atoms with van der Waals surface area (Å²) in [6.45, 7) is 7.61. The maximum atomic E-state index is 4.51. The number of nitrogens with one attached hydrogen (secondary N) is 1. The molecule has 1 N–H and O–H groups in total. The van der Waals surface area contributed by atoms with Crippen LogP contribution in [0.5, 0.6) is 0 Å². The van der Waals surface area contributed by atoms with E-state index >= 15 is 0 Å². The molecule has 104 valence electrons. The number of aryl methyl sites for hydroxylation is 1. The molecule has 2 heterocycles. The number of aromatic nitrogens is 2. The van der Waals surface area contributed by atoms with Gasteiger partial charge in [0.2, 0.25) is 0 Å². The predicted octanol–water partition coefficient (Wildman–Crippen LogP) is 3.57. The van der Waals surface area contributed by atoms with Crippen LogP contribution in [0.1, 0.15) is 44.2 Å². The third-order valence-electron chi connectivity index (χ3n) is 3.38. The molecule has 3 nitrogen and oxygen atoms in total. The van der Waals surface area contributed by atoms with Crippen LogP contribution in [-0.4, -0.2) is 22.6 Å². The Labute approximate surface area is 119 Å². The Hall–Kier alpha value is -1.00. The van der Waals surface area contributed by atoms with Crippen molar-refractivity contribution < 1.29 is 0 Å². The molecule has 1 atom stereocenters. The van der Waals surface area contributed by atoms with Gasteiger partial charge >= 0.3 is 0 Å². The second kappa shape index (κ2) is 6.96. The van der Waals surface area contributed by atoms with E-state index in [0.29, 0.717) is 6.04 Å². The van der Waals surface area contributed by atoms with Crippen LogP contribution in [0.25, 0.3) is 10.2 Å². The van der Waals surface area contributed by atoms with Gasteiger partial charge in [-0.25, -0.2) is 9.97 Å². The zero-order valence-corrected chi connectivity index (χ0v) is 12.9. The van der Waals surface area contributed by atoms with Gasteiger partial charge in [-0.3, -0.25) is 0 Å². The van der Waals surface area contributed by atoms with Crippen molar-refractivity contribution in [3.05, 3.63) is 23.0 Å². The molecular formula is C15H23N3S. The van der Waals surface area contributed by atoms with Gasteiger partial charge in [0.25, 0.3) is 0 Å². The van der Waals surface area contributed by atoms with Crippen LogP contribution in [0, 0.1) is 0 Å². The fourth-order valence-corrected chi connectivity index (χ4v) is 3.39. The van der Waals surface area contributed by atoms with Crippen molar-refractivity contribution in [1.29, 1.82) is 0 Å². The summed E-state index contributed by atoms with van der Waals surface area (Å²) in [7, 11) is 0. The van der Waals surface area contributed by atoms with Crippen LogP contribution in [0.15, 0.2) is 12.4 Å². The highest BCUT2D eigenvalue weighted by molar-refractivity contribution is 7.18. The topological polar surface area (TPSA) is 37.8 Å². The molecule has 0 saturated heterocycles. The van der Waals surface area contributed by atoms with Crippen LogP contribution in [0.2, 0.25) is 0 Å². The molecule has 4 heteroatoms. The van der Waals surface area contributed by atoms with E-state index in [0.717, 1.165) is 24.2 Å². The number of hydrogen-bond acceptors (Lipinski definition) is 4. The molecule has 0 bridgehead atoms. The summed E-state index contributed by atoms with van der Waals surface area (Å²) >= 11 is 1.79. The lowest BCUT2D eigenvalue weighted by Gasteiger charge is -2.16. The molecule has 0 saturated carbocycles. The van der Waals surface area contributed by atoms with Crippen molar-refractivity contribution >= 4 is 21.6 Å². The van der Waals surface area contributed by atoms with Crippen LogP contribution >= 0.6 is 11.3 Å². The minimum absolute atomic E-state index is 0.526. The monoisotopic (exact) mass is 277 g/mol. The van der Waals surface area contributed by atoms with E-state index in [-0.39, 0.29) is 0 Å². The largest absolute Gasteiger partial charge is 0.314 e. The average Bonchev–Trinajstić information content (AvgIpc) is 2.83. The SMILES string of the molecule is CCCC(Cc1ncnc2sc(CC)cc12)NCC. The first-order valence-electron chi connectivity index (χ1n) is 7.24. The second-order valence-electron chi connectivity index (χ2n) is 4.85. The zero-order chi connectivity index (χ0) is 13.7. The molecule has 2 aromatic heterocycles. The summed E-state index contributed by atoms with van der Waals surface area (Å²) in [5.41, 5.74) is 1.19. The summed E-state index contributed by atoms with van der Waals surface area (Å²) in [5.74, 6) is 0. The van der Waals surface area contributed by atoms with Crippen molar-refractivity contribution in [2.24, 2.45) is 0 Å². The fourth-order valence-electron chi connectivity index (χ4n) is 2.44. The quantitative estimate of drug-likeness (QED) is 0.840. The van der Waals surface area contributed by atoms with E-state index in [1.54, 1.807) is 17.7 Å². The van der Waals surface area contributed by atoms with Gasteiger partial charge in [-0.05, 0) is 25.5 Å². The van der Waals surface area contributed by atoms with Gasteiger partial charge in [-0.2, -0.15) is 0 Å². The zero-order valence-electron chi connectivity index (χ0n) is 12.1. The summed E-state index contributed by atoms with van der Waals surface area (Å²) in [6.07, 6.45) is 6.19. The Morgan fingerprint density at radius 3 is 2.79 bits per heavy atom. The number of nitrogens with zero attached hydrogens (tertiary/aromatic N) is 2. The first-order valence-corrected chi connectivity index (χ1v) is 8.05. The van der Waals surface area contributed by atoms with Crippen molar-refractivity contribution in [1.82, 2.24) is 15.3 Å². The van der Waals surface area contributed by atoms with Crippen LogP contribution in [0.3, 0.4) is 0 Å². The first kappa shape index (κ1) is 14.4. The minimum atomic E-state index is 0.526. The number of likely N-dealkylation sites (N-methyl/N-ethyl adjacent to an activating group) is 1. The minimum Gasteiger partial charge on any atom is -0.314 e. The Bertz CT molecular complexity index is 515. The highest BCUT2D eigenvalue weighted by Gasteiger charge is 2.13. The number of rotatable bonds is 7. The Balaban J connectivity index is 2.25. The summed E-state index contributed by atoms with van der Waals surface area (Å²) < 4.78 is 0. The van der Waals surface area contributed by atoms with E-state index in [1.165, 1.54) is 28.8 Å². The highest BCUT2D eigenvalue weighted by atomic mass is 32.1. The first-order chi connectivity index (χ1) is 9.28. The molecule has 0 spiro atoms. The molecule has 0 aliphatic rings. The van der Waals surface area contributed by atoms with Crippen molar-refractivity contribution in [3.63, 3.8) is 0 Å². The van der Waals surface area contributed by atoms with Gasteiger partial charge in [0.15, 0.2) is 0 Å². The van der Waals surface area contributed by atoms with Gasteiger partial charge in [0.1, 0.15) is 11.2 Å². The Kier molecular flexibility index (Phi) is 5.28. The molecule has 0 aliphatic carbocycles. The van der Waals surface area contributed by atoms with Crippen molar-refractivity contribution in [2.75, 3.05) is 6.54 Å². The van der Waals surface area contributed by atoms with E-state index in [4.69, 9.17) is 0 Å². The lowest BCUT2D eigenvalue weighted by molar-refractivity contribution is 0.483. The van der Waals surface area contributed by atoms with Crippen molar-refractivity contribution in [3.8, 4) is 0 Å². The average molecular weight is 277 g/mol. The molecular weight excluding hydrogens is 254 g/mol. The third-order valence-corrected chi connectivity index (χ3v) is 4.57. The summed E-state index contributed by atoms with van der Waals surface area (Å²) in [6, 6.07) is 2.79. The maximum Gasteiger partial charge on any atom is 0.127 e. The lowest BCUT2D eigenvalue weighted by atomic mass is 10.0. The van der Waals surface area contributed by atoms with Crippen LogP contribution < -0.4 is 5.32 Å². The van der Waals surface area contributed by atoms with Crippen LogP contribution in [0.4, 0.5) is 0 Å². The van der Waals surface area contributed by atoms with Gasteiger partial charge < -0.3 is 5.32 Å². The summed E-state index contributed by atoms with van der Waals surface area (Å²) in [4.78, 5) is 11.4. The molecule has 0 amide bonds.